The first kappa shape index (κ1) is 24.0. The smallest absolute Gasteiger partial charge is 0.333 e. The number of carbonyl (C=O) groups excluding carboxylic acids is 1. The van der Waals surface area contributed by atoms with Gasteiger partial charge in [0.25, 0.3) is 5.91 Å². The molecule has 0 spiro atoms. The Bertz CT molecular complexity index is 597. The van der Waals surface area contributed by atoms with Crippen LogP contribution in [-0.2, 0) is 20.7 Å². The number of hydrogen-bond donors (Lipinski definition) is 2. The summed E-state index contributed by atoms with van der Waals surface area (Å²) < 4.78 is 11.1. The first-order chi connectivity index (χ1) is 13.3. The molecule has 0 aromatic heterocycles. The number of nitrogens with one attached hydrogen (secondary N) is 1. The maximum Gasteiger partial charge on any atom is 0.333 e. The van der Waals surface area contributed by atoms with Gasteiger partial charge in [-0.25, -0.2) is 4.79 Å². The topological polar surface area (TPSA) is 84.9 Å². The molecule has 0 radical (unpaired) electrons. The third-order valence-electron chi connectivity index (χ3n) is 4.47. The molecule has 2 N–H and O–H groups in total. The number of benzene rings is 1. The minimum absolute atomic E-state index is 0.144. The van der Waals surface area contributed by atoms with Crippen molar-refractivity contribution in [1.29, 1.82) is 0 Å². The van der Waals surface area contributed by atoms with E-state index in [1.165, 1.54) is 19.3 Å². The number of carbonyl (C=O) groups is 2. The van der Waals surface area contributed by atoms with Crippen molar-refractivity contribution in [2.45, 2.75) is 77.9 Å². The van der Waals surface area contributed by atoms with E-state index < -0.39 is 17.7 Å². The van der Waals surface area contributed by atoms with Crippen molar-refractivity contribution in [3.05, 3.63) is 29.8 Å². The molecule has 1 amide bonds. The van der Waals surface area contributed by atoms with Gasteiger partial charge in [-0.3, -0.25) is 4.79 Å². The summed E-state index contributed by atoms with van der Waals surface area (Å²) in [7, 11) is 0. The summed E-state index contributed by atoms with van der Waals surface area (Å²) >= 11 is 0. The highest BCUT2D eigenvalue weighted by Gasteiger charge is 2.29. The molecule has 1 rings (SSSR count). The van der Waals surface area contributed by atoms with Gasteiger partial charge in [0.05, 0.1) is 0 Å². The van der Waals surface area contributed by atoms with Crippen molar-refractivity contribution >= 4 is 11.9 Å². The zero-order valence-electron chi connectivity index (χ0n) is 17.6. The van der Waals surface area contributed by atoms with Crippen molar-refractivity contribution in [3.8, 4) is 5.75 Å². The molecule has 1 atom stereocenters. The molecule has 0 aliphatic rings. The molecule has 6 heteroatoms. The lowest BCUT2D eigenvalue weighted by atomic mass is 10.1. The van der Waals surface area contributed by atoms with Gasteiger partial charge in [0.2, 0.25) is 0 Å². The van der Waals surface area contributed by atoms with E-state index in [1.54, 1.807) is 45.0 Å². The summed E-state index contributed by atoms with van der Waals surface area (Å²) in [6.07, 6.45) is 5.15. The molecule has 0 aliphatic carbocycles. The molecule has 0 aliphatic heterocycles. The van der Waals surface area contributed by atoms with Gasteiger partial charge in [0, 0.05) is 19.6 Å². The van der Waals surface area contributed by atoms with Gasteiger partial charge in [0.15, 0.2) is 11.7 Å². The van der Waals surface area contributed by atoms with Gasteiger partial charge in [0.1, 0.15) is 5.75 Å². The maximum absolute atomic E-state index is 12.4. The van der Waals surface area contributed by atoms with Gasteiger partial charge in [-0.15, -0.1) is 0 Å². The van der Waals surface area contributed by atoms with Crippen LogP contribution in [0.25, 0.3) is 0 Å². The Labute approximate surface area is 168 Å². The van der Waals surface area contributed by atoms with Crippen LogP contribution in [0.15, 0.2) is 24.3 Å². The monoisotopic (exact) mass is 393 g/mol. The maximum atomic E-state index is 12.4. The van der Waals surface area contributed by atoms with Gasteiger partial charge in [-0.05, 0) is 44.9 Å². The first-order valence-electron chi connectivity index (χ1n) is 10.2. The molecule has 0 fully saturated rings. The zero-order chi connectivity index (χ0) is 21.0. The first-order valence-corrected chi connectivity index (χ1v) is 10.2. The Morgan fingerprint density at radius 2 is 1.71 bits per heavy atom. The van der Waals surface area contributed by atoms with E-state index in [2.05, 4.69) is 12.2 Å². The highest BCUT2D eigenvalue weighted by Crippen LogP contribution is 2.20. The van der Waals surface area contributed by atoms with E-state index in [-0.39, 0.29) is 12.3 Å². The van der Waals surface area contributed by atoms with Crippen molar-refractivity contribution in [3.63, 3.8) is 0 Å². The van der Waals surface area contributed by atoms with Crippen LogP contribution in [0.1, 0.15) is 65.4 Å². The minimum Gasteiger partial charge on any atom is -0.479 e. The number of carboxylic acids is 1. The summed E-state index contributed by atoms with van der Waals surface area (Å²) in [5.74, 6) is -0.556. The molecule has 0 heterocycles. The molecule has 6 nitrogen and oxygen atoms in total. The second-order valence-electron chi connectivity index (χ2n) is 7.41. The van der Waals surface area contributed by atoms with E-state index in [9.17, 15) is 14.7 Å². The molecular weight excluding hydrogens is 358 g/mol. The standard InChI is InChI=1S/C22H35NO5/c1-5-7-8-9-10-15-23-21(26)22(3,4)28-18-13-11-17(12-14-18)16-19(20(24)25)27-6-2/h11-14,19H,5-10,15-16H2,1-4H3,(H,23,26)(H,24,25)/t19-/m0/s1. The van der Waals surface area contributed by atoms with Crippen LogP contribution < -0.4 is 10.1 Å². The van der Waals surface area contributed by atoms with Crippen molar-refractivity contribution in [1.82, 2.24) is 5.32 Å². The molecule has 1 aromatic carbocycles. The molecule has 158 valence electrons. The number of hydrogen-bond acceptors (Lipinski definition) is 4. The minimum atomic E-state index is -0.986. The zero-order valence-corrected chi connectivity index (χ0v) is 17.6. The average Bonchev–Trinajstić information content (AvgIpc) is 2.65. The highest BCUT2D eigenvalue weighted by atomic mass is 16.5. The summed E-state index contributed by atoms with van der Waals surface area (Å²) in [6.45, 7) is 8.43. The molecule has 0 bridgehead atoms. The lowest BCUT2D eigenvalue weighted by Crippen LogP contribution is -2.46. The third kappa shape index (κ3) is 8.74. The SMILES string of the molecule is CCCCCCCNC(=O)C(C)(C)Oc1ccc(C[C@H](OCC)C(=O)O)cc1. The van der Waals surface area contributed by atoms with E-state index in [4.69, 9.17) is 9.47 Å². The van der Waals surface area contributed by atoms with Crippen LogP contribution in [0.3, 0.4) is 0 Å². The van der Waals surface area contributed by atoms with Gasteiger partial charge >= 0.3 is 5.97 Å². The van der Waals surface area contributed by atoms with Crippen LogP contribution in [-0.4, -0.2) is 41.8 Å². The van der Waals surface area contributed by atoms with Gasteiger partial charge in [-0.1, -0.05) is 44.7 Å². The predicted molar refractivity (Wildman–Crippen MR) is 110 cm³/mol. The normalized spacial score (nSPS) is 12.4. The van der Waals surface area contributed by atoms with Crippen LogP contribution >= 0.6 is 0 Å². The van der Waals surface area contributed by atoms with E-state index >= 15 is 0 Å². The summed E-state index contributed by atoms with van der Waals surface area (Å²) in [4.78, 5) is 23.6. The molecule has 0 unspecified atom stereocenters. The van der Waals surface area contributed by atoms with Crippen molar-refractivity contribution < 1.29 is 24.2 Å². The summed E-state index contributed by atoms with van der Waals surface area (Å²) in [5.41, 5.74) is -0.151. The Morgan fingerprint density at radius 1 is 1.07 bits per heavy atom. The molecular formula is C22H35NO5. The molecule has 1 aromatic rings. The number of ether oxygens (including phenoxy) is 2. The fourth-order valence-corrected chi connectivity index (χ4v) is 2.81. The Kier molecular flexibility index (Phi) is 10.6. The van der Waals surface area contributed by atoms with Crippen LogP contribution in [0, 0.1) is 0 Å². The fourth-order valence-electron chi connectivity index (χ4n) is 2.81. The number of rotatable bonds is 14. The second kappa shape index (κ2) is 12.4. The third-order valence-corrected chi connectivity index (χ3v) is 4.47. The van der Waals surface area contributed by atoms with Gasteiger partial charge < -0.3 is 19.9 Å². The second-order valence-corrected chi connectivity index (χ2v) is 7.41. The number of amides is 1. The molecule has 0 saturated heterocycles. The Hall–Kier alpha value is -2.08. The number of unbranched alkanes of at least 4 members (excludes halogenated alkanes) is 4. The fraction of sp³-hybridized carbons (Fsp3) is 0.636. The van der Waals surface area contributed by atoms with Crippen LogP contribution in [0.5, 0.6) is 5.75 Å². The summed E-state index contributed by atoms with van der Waals surface area (Å²) in [6, 6.07) is 7.10. The van der Waals surface area contributed by atoms with E-state index in [1.807, 2.05) is 0 Å². The van der Waals surface area contributed by atoms with E-state index in [0.717, 1.165) is 18.4 Å². The van der Waals surface area contributed by atoms with Crippen LogP contribution in [0.2, 0.25) is 0 Å². The predicted octanol–water partition coefficient (Wildman–Crippen LogP) is 3.96. The van der Waals surface area contributed by atoms with Crippen molar-refractivity contribution in [2.24, 2.45) is 0 Å². The lowest BCUT2D eigenvalue weighted by Gasteiger charge is -2.25. The average molecular weight is 394 g/mol. The number of aliphatic carboxylic acids is 1. The largest absolute Gasteiger partial charge is 0.479 e. The molecule has 28 heavy (non-hydrogen) atoms. The Morgan fingerprint density at radius 3 is 2.29 bits per heavy atom. The summed E-state index contributed by atoms with van der Waals surface area (Å²) in [5, 5.41) is 12.1. The van der Waals surface area contributed by atoms with Crippen LogP contribution in [0.4, 0.5) is 0 Å². The van der Waals surface area contributed by atoms with E-state index in [0.29, 0.717) is 18.9 Å². The number of carboxylic acid groups (broad SMARTS) is 1. The Balaban J connectivity index is 2.52. The van der Waals surface area contributed by atoms with Gasteiger partial charge in [-0.2, -0.15) is 0 Å². The van der Waals surface area contributed by atoms with Crippen molar-refractivity contribution in [2.75, 3.05) is 13.2 Å². The highest BCUT2D eigenvalue weighted by molar-refractivity contribution is 5.84. The quantitative estimate of drug-likeness (QED) is 0.467. The lowest BCUT2D eigenvalue weighted by molar-refractivity contribution is -0.150. The molecule has 0 saturated carbocycles.